The molecule has 0 saturated carbocycles. The quantitative estimate of drug-likeness (QED) is 0.0612. The first-order chi connectivity index (χ1) is 29.2. The van der Waals surface area contributed by atoms with Gasteiger partial charge in [0.1, 0.15) is 21.4 Å². The summed E-state index contributed by atoms with van der Waals surface area (Å²) in [6.45, 7) is -0.0324. The molecule has 0 unspecified atom stereocenters. The Bertz CT molecular complexity index is 3170. The number of nitrogens with one attached hydrogen (secondary N) is 1. The van der Waals surface area contributed by atoms with Crippen molar-refractivity contribution in [3.05, 3.63) is 126 Å². The maximum absolute atomic E-state index is 12.4. The van der Waals surface area contributed by atoms with E-state index in [1.165, 1.54) is 30.3 Å². The zero-order valence-electron chi connectivity index (χ0n) is 31.3. The van der Waals surface area contributed by atoms with E-state index in [2.05, 4.69) is 40.7 Å². The van der Waals surface area contributed by atoms with E-state index < -0.39 is 61.6 Å². The molecule has 0 saturated heterocycles. The van der Waals surface area contributed by atoms with Gasteiger partial charge in [-0.3, -0.25) is 18.5 Å². The largest absolute Gasteiger partial charge is 0.481 e. The van der Waals surface area contributed by atoms with Crippen molar-refractivity contribution >= 4 is 86.4 Å². The standard InChI is InChI=1S/C36H30N8O11S3.O3S/c45-35(46)15-16-37-36-39-33(38-34(40-36)18-23-11-14-26(20-31(23)57(50,51)52)43-41-24-5-2-1-3-6-24)17-22-9-12-25(13-10-22)42-44-27-19-29-28(32(21-27)58(53,54)55)7-4-8-30(29)56(47,48)49;1-4(2)3/h1-14,19-21H,15-18H2,(H,45,46)(H,47,48,49)(H,50,51,52)(H,53,54,55)(H,37,38,39,40);. The minimum atomic E-state index is -4.86. The molecule has 6 rings (SSSR count). The van der Waals surface area contributed by atoms with Crippen molar-refractivity contribution in [2.75, 3.05) is 11.9 Å². The van der Waals surface area contributed by atoms with Crippen LogP contribution in [0.5, 0.6) is 0 Å². The maximum Gasteiger partial charge on any atom is 0.425 e. The van der Waals surface area contributed by atoms with Gasteiger partial charge in [0.15, 0.2) is 0 Å². The second-order valence-corrected chi connectivity index (χ2v) is 17.1. The lowest BCUT2D eigenvalue weighted by Crippen LogP contribution is -2.14. The van der Waals surface area contributed by atoms with Crippen LogP contribution in [0.4, 0.5) is 28.7 Å². The molecule has 0 spiro atoms. The zero-order valence-corrected chi connectivity index (χ0v) is 34.5. The van der Waals surface area contributed by atoms with E-state index in [1.807, 2.05) is 0 Å². The smallest absolute Gasteiger partial charge is 0.425 e. The van der Waals surface area contributed by atoms with Crippen LogP contribution < -0.4 is 5.32 Å². The fourth-order valence-corrected chi connectivity index (χ4v) is 7.71. The summed E-state index contributed by atoms with van der Waals surface area (Å²) in [5.74, 6) is -0.745. The molecule has 22 nitrogen and oxygen atoms in total. The minimum Gasteiger partial charge on any atom is -0.481 e. The summed E-state index contributed by atoms with van der Waals surface area (Å²) in [6, 6.07) is 24.9. The normalized spacial score (nSPS) is 12.0. The Labute approximate surface area is 353 Å². The molecular formula is C36H30N8O14S4. The molecule has 5 N–H and O–H groups in total. The van der Waals surface area contributed by atoms with E-state index >= 15 is 0 Å². The third-order valence-electron chi connectivity index (χ3n) is 8.10. The number of hydrogen-bond donors (Lipinski definition) is 5. The zero-order chi connectivity index (χ0) is 45.2. The second-order valence-electron chi connectivity index (χ2n) is 12.5. The summed E-state index contributed by atoms with van der Waals surface area (Å²) in [4.78, 5) is 22.7. The highest BCUT2D eigenvalue weighted by molar-refractivity contribution is 7.86. The highest BCUT2D eigenvalue weighted by Gasteiger charge is 2.22. The summed E-state index contributed by atoms with van der Waals surface area (Å²) >= 11 is 0. The molecule has 5 aromatic carbocycles. The molecule has 0 bridgehead atoms. The molecule has 0 amide bonds. The van der Waals surface area contributed by atoms with E-state index in [4.69, 9.17) is 17.7 Å². The number of carbonyl (C=O) groups is 1. The van der Waals surface area contributed by atoms with Crippen LogP contribution in [0, 0.1) is 0 Å². The van der Waals surface area contributed by atoms with Gasteiger partial charge in [-0.1, -0.05) is 48.5 Å². The fraction of sp³-hybridized carbons (Fsp3) is 0.111. The molecule has 0 aliphatic carbocycles. The molecule has 1 heterocycles. The Balaban J connectivity index is 0.00000174. The van der Waals surface area contributed by atoms with Crippen molar-refractivity contribution in [3.8, 4) is 0 Å². The van der Waals surface area contributed by atoms with Gasteiger partial charge in [0, 0.05) is 30.2 Å². The van der Waals surface area contributed by atoms with E-state index in [0.29, 0.717) is 11.3 Å². The molecule has 0 fully saturated rings. The predicted molar refractivity (Wildman–Crippen MR) is 217 cm³/mol. The lowest BCUT2D eigenvalue weighted by atomic mass is 10.1. The summed E-state index contributed by atoms with van der Waals surface area (Å²) in [7, 11) is -17.5. The highest BCUT2D eigenvalue weighted by atomic mass is 32.2. The van der Waals surface area contributed by atoms with Gasteiger partial charge in [0.25, 0.3) is 30.4 Å². The summed E-state index contributed by atoms with van der Waals surface area (Å²) in [5.41, 5.74) is 1.59. The number of aliphatic carboxylic acids is 1. The van der Waals surface area contributed by atoms with Crippen molar-refractivity contribution in [2.24, 2.45) is 20.5 Å². The Morgan fingerprint density at radius 1 is 0.565 bits per heavy atom. The fourth-order valence-electron chi connectivity index (χ4n) is 5.54. The van der Waals surface area contributed by atoms with Crippen molar-refractivity contribution < 1.29 is 61.4 Å². The summed E-state index contributed by atoms with van der Waals surface area (Å²) < 4.78 is 128. The van der Waals surface area contributed by atoms with Gasteiger partial charge in [-0.2, -0.15) is 55.7 Å². The van der Waals surface area contributed by atoms with Crippen LogP contribution >= 0.6 is 0 Å². The van der Waals surface area contributed by atoms with Crippen molar-refractivity contribution in [1.29, 1.82) is 0 Å². The molecule has 0 aliphatic heterocycles. The van der Waals surface area contributed by atoms with Crippen LogP contribution in [0.1, 0.15) is 29.2 Å². The molecule has 0 aliphatic rings. The first-order valence-electron chi connectivity index (χ1n) is 17.2. The predicted octanol–water partition coefficient (Wildman–Crippen LogP) is 5.66. The monoisotopic (exact) mass is 926 g/mol. The molecule has 1 aromatic heterocycles. The Hall–Kier alpha value is -6.81. The van der Waals surface area contributed by atoms with Crippen molar-refractivity contribution in [2.45, 2.75) is 33.9 Å². The van der Waals surface area contributed by atoms with E-state index in [1.54, 1.807) is 54.6 Å². The molecule has 26 heteroatoms. The third kappa shape index (κ3) is 13.3. The van der Waals surface area contributed by atoms with E-state index in [0.717, 1.165) is 18.2 Å². The Kier molecular flexibility index (Phi) is 14.7. The van der Waals surface area contributed by atoms with Gasteiger partial charge in [0.2, 0.25) is 5.95 Å². The van der Waals surface area contributed by atoms with Gasteiger partial charge in [0.05, 0.1) is 34.1 Å². The second kappa shape index (κ2) is 19.7. The minimum absolute atomic E-state index is 0.0187. The number of anilines is 1. The molecular weight excluding hydrogens is 897 g/mol. The Morgan fingerprint density at radius 2 is 1.10 bits per heavy atom. The molecule has 0 atom stereocenters. The summed E-state index contributed by atoms with van der Waals surface area (Å²) in [6.07, 6.45) is -0.338. The number of azo groups is 2. The van der Waals surface area contributed by atoms with Crippen LogP contribution in [0.15, 0.2) is 138 Å². The number of carboxylic acid groups (broad SMARTS) is 1. The first-order valence-corrected chi connectivity index (χ1v) is 22.5. The van der Waals surface area contributed by atoms with Gasteiger partial charge < -0.3 is 10.4 Å². The molecule has 62 heavy (non-hydrogen) atoms. The van der Waals surface area contributed by atoms with Gasteiger partial charge in [-0.25, -0.2) is 4.98 Å². The summed E-state index contributed by atoms with van der Waals surface area (Å²) in [5, 5.41) is 27.8. The van der Waals surface area contributed by atoms with E-state index in [-0.39, 0.29) is 76.8 Å². The number of rotatable bonds is 15. The molecule has 6 aromatic rings. The number of benzene rings is 5. The van der Waals surface area contributed by atoms with Crippen LogP contribution in [-0.4, -0.2) is 84.1 Å². The SMILES string of the molecule is O=C(O)CCNc1nc(Cc2ccc(N=Nc3cc(S(=O)(=O)O)c4cccc(S(=O)(=O)O)c4c3)cc2)nc(Cc2ccc(N=Nc3ccccc3)cc2S(=O)(=O)O)n1.O=S(=O)=O. The van der Waals surface area contributed by atoms with Crippen molar-refractivity contribution in [3.63, 3.8) is 0 Å². The van der Waals surface area contributed by atoms with Gasteiger partial charge in [-0.15, -0.1) is 12.6 Å². The number of nitrogens with zero attached hydrogens (tertiary/aromatic N) is 7. The van der Waals surface area contributed by atoms with Gasteiger partial charge >= 0.3 is 16.6 Å². The lowest BCUT2D eigenvalue weighted by molar-refractivity contribution is -0.136. The first kappa shape index (κ1) is 46.3. The van der Waals surface area contributed by atoms with Crippen LogP contribution in [-0.2, 0) is 58.6 Å². The Morgan fingerprint density at radius 3 is 1.69 bits per heavy atom. The number of aromatic nitrogens is 3. The number of fused-ring (bicyclic) bond motifs is 1. The van der Waals surface area contributed by atoms with Crippen LogP contribution in [0.3, 0.4) is 0 Å². The van der Waals surface area contributed by atoms with Crippen LogP contribution in [0.25, 0.3) is 10.8 Å². The average Bonchev–Trinajstić information content (AvgIpc) is 3.18. The molecule has 0 radical (unpaired) electrons. The maximum atomic E-state index is 12.4. The van der Waals surface area contributed by atoms with E-state index in [9.17, 15) is 43.7 Å². The number of carboxylic acids is 1. The lowest BCUT2D eigenvalue weighted by Gasteiger charge is -2.11. The third-order valence-corrected chi connectivity index (χ3v) is 10.8. The number of hydrogen-bond acceptors (Lipinski definition) is 18. The molecule has 322 valence electrons. The van der Waals surface area contributed by atoms with Crippen molar-refractivity contribution in [1.82, 2.24) is 15.0 Å². The average molecular weight is 927 g/mol. The topological polar surface area (TPSA) is 352 Å². The van der Waals surface area contributed by atoms with Crippen LogP contribution in [0.2, 0.25) is 0 Å². The van der Waals surface area contributed by atoms with Gasteiger partial charge in [-0.05, 0) is 65.7 Å². The highest BCUT2D eigenvalue weighted by Crippen LogP contribution is 2.34.